The maximum Gasteiger partial charge on any atom is 0.330 e. The molecule has 0 N–H and O–H groups in total. The van der Waals surface area contributed by atoms with Crippen LogP contribution in [0.4, 0.5) is 0 Å². The summed E-state index contributed by atoms with van der Waals surface area (Å²) < 4.78 is 15.5. The molecule has 0 aliphatic heterocycles. The lowest BCUT2D eigenvalue weighted by atomic mass is 10.2. The molecule has 0 fully saturated rings. The highest BCUT2D eigenvalue weighted by Crippen LogP contribution is 2.12. The van der Waals surface area contributed by atoms with E-state index < -0.39 is 0 Å². The van der Waals surface area contributed by atoms with Crippen LogP contribution in [0.15, 0.2) is 36.4 Å². The van der Waals surface area contributed by atoms with Gasteiger partial charge in [-0.25, -0.2) is 4.79 Å². The summed E-state index contributed by atoms with van der Waals surface area (Å²) in [6, 6.07) is 7.86. The average molecular weight is 292 g/mol. The monoisotopic (exact) mass is 292 g/mol. The number of rotatable bonds is 10. The first-order chi connectivity index (χ1) is 10.3. The summed E-state index contributed by atoms with van der Waals surface area (Å²) in [4.78, 5) is 11.0. The number of carbonyl (C=O) groups is 1. The summed E-state index contributed by atoms with van der Waals surface area (Å²) in [6.45, 7) is 3.55. The summed E-state index contributed by atoms with van der Waals surface area (Å²) in [5, 5.41) is 0. The van der Waals surface area contributed by atoms with Crippen LogP contribution in [0.25, 0.3) is 0 Å². The molecule has 0 aliphatic carbocycles. The normalized spacial score (nSPS) is 10.8. The van der Waals surface area contributed by atoms with Crippen LogP contribution in [0.1, 0.15) is 31.7 Å². The van der Waals surface area contributed by atoms with Crippen LogP contribution in [-0.4, -0.2) is 26.3 Å². The quantitative estimate of drug-likeness (QED) is 0.376. The molecule has 0 heterocycles. The van der Waals surface area contributed by atoms with Crippen molar-refractivity contribution in [2.24, 2.45) is 0 Å². The van der Waals surface area contributed by atoms with Gasteiger partial charge in [-0.15, -0.1) is 0 Å². The Morgan fingerprint density at radius 3 is 2.62 bits per heavy atom. The zero-order chi connectivity index (χ0) is 15.3. The van der Waals surface area contributed by atoms with E-state index in [4.69, 9.17) is 14.2 Å². The Hall–Kier alpha value is -1.81. The van der Waals surface area contributed by atoms with Gasteiger partial charge in [-0.2, -0.15) is 0 Å². The first-order valence-electron chi connectivity index (χ1n) is 7.30. The molecular formula is C17H24O4. The number of carbonyl (C=O) groups excluding carboxylic acids is 1. The lowest BCUT2D eigenvalue weighted by Gasteiger charge is -2.05. The molecule has 0 saturated carbocycles. The number of esters is 1. The third kappa shape index (κ3) is 8.15. The SMILES string of the molecule is CCOC(=O)C=CCCCCOCc1ccc(OC)cc1. The third-order valence-corrected chi connectivity index (χ3v) is 2.88. The lowest BCUT2D eigenvalue weighted by Crippen LogP contribution is -1.98. The molecule has 21 heavy (non-hydrogen) atoms. The molecule has 0 unspecified atom stereocenters. The van der Waals surface area contributed by atoms with Gasteiger partial charge in [0, 0.05) is 12.7 Å². The number of unbranched alkanes of at least 4 members (excludes halogenated alkanes) is 2. The van der Waals surface area contributed by atoms with E-state index >= 15 is 0 Å². The van der Waals surface area contributed by atoms with Gasteiger partial charge in [0.2, 0.25) is 0 Å². The van der Waals surface area contributed by atoms with Gasteiger partial charge in [0.1, 0.15) is 5.75 Å². The number of hydrogen-bond donors (Lipinski definition) is 0. The van der Waals surface area contributed by atoms with E-state index in [-0.39, 0.29) is 5.97 Å². The summed E-state index contributed by atoms with van der Waals surface area (Å²) in [6.07, 6.45) is 6.18. The van der Waals surface area contributed by atoms with Crippen molar-refractivity contribution in [2.75, 3.05) is 20.3 Å². The Labute approximate surface area is 126 Å². The van der Waals surface area contributed by atoms with Gasteiger partial charge in [-0.3, -0.25) is 0 Å². The van der Waals surface area contributed by atoms with Crippen LogP contribution in [-0.2, 0) is 20.9 Å². The number of allylic oxidation sites excluding steroid dienone is 1. The smallest absolute Gasteiger partial charge is 0.330 e. The second-order valence-corrected chi connectivity index (χ2v) is 4.55. The second-order valence-electron chi connectivity index (χ2n) is 4.55. The fraction of sp³-hybridized carbons (Fsp3) is 0.471. The molecule has 4 heteroatoms. The van der Waals surface area contributed by atoms with Gasteiger partial charge in [0.25, 0.3) is 0 Å². The van der Waals surface area contributed by atoms with Crippen LogP contribution in [0.3, 0.4) is 0 Å². The molecule has 1 rings (SSSR count). The van der Waals surface area contributed by atoms with Gasteiger partial charge in [0.05, 0.1) is 20.3 Å². The molecule has 0 aliphatic rings. The van der Waals surface area contributed by atoms with Crippen LogP contribution in [0, 0.1) is 0 Å². The molecule has 0 spiro atoms. The fourth-order valence-corrected chi connectivity index (χ4v) is 1.75. The molecule has 0 atom stereocenters. The largest absolute Gasteiger partial charge is 0.497 e. The molecular weight excluding hydrogens is 268 g/mol. The van der Waals surface area contributed by atoms with Gasteiger partial charge < -0.3 is 14.2 Å². The van der Waals surface area contributed by atoms with E-state index in [2.05, 4.69) is 0 Å². The highest BCUT2D eigenvalue weighted by molar-refractivity contribution is 5.81. The van der Waals surface area contributed by atoms with Gasteiger partial charge >= 0.3 is 5.97 Å². The molecule has 0 aromatic heterocycles. The van der Waals surface area contributed by atoms with Crippen molar-refractivity contribution in [1.82, 2.24) is 0 Å². The summed E-state index contributed by atoms with van der Waals surface area (Å²) in [7, 11) is 1.65. The molecule has 4 nitrogen and oxygen atoms in total. The summed E-state index contributed by atoms with van der Waals surface area (Å²) in [5.41, 5.74) is 1.14. The highest BCUT2D eigenvalue weighted by Gasteiger charge is 1.96. The minimum Gasteiger partial charge on any atom is -0.497 e. The van der Waals surface area contributed by atoms with Crippen molar-refractivity contribution in [3.63, 3.8) is 0 Å². The lowest BCUT2D eigenvalue weighted by molar-refractivity contribution is -0.137. The Balaban J connectivity index is 2.02. The molecule has 0 radical (unpaired) electrons. The molecule has 0 amide bonds. The summed E-state index contributed by atoms with van der Waals surface area (Å²) in [5.74, 6) is 0.584. The molecule has 0 bridgehead atoms. The molecule has 1 aromatic carbocycles. The van der Waals surface area contributed by atoms with E-state index in [0.29, 0.717) is 13.2 Å². The predicted molar refractivity (Wildman–Crippen MR) is 82.3 cm³/mol. The fourth-order valence-electron chi connectivity index (χ4n) is 1.75. The molecule has 1 aromatic rings. The van der Waals surface area contributed by atoms with E-state index in [1.165, 1.54) is 6.08 Å². The predicted octanol–water partition coefficient (Wildman–Crippen LogP) is 3.50. The van der Waals surface area contributed by atoms with Crippen LogP contribution in [0.2, 0.25) is 0 Å². The minimum atomic E-state index is -0.270. The van der Waals surface area contributed by atoms with Gasteiger partial charge in [-0.05, 0) is 43.9 Å². The average Bonchev–Trinajstić information content (AvgIpc) is 2.51. The van der Waals surface area contributed by atoms with Crippen molar-refractivity contribution < 1.29 is 19.0 Å². The zero-order valence-corrected chi connectivity index (χ0v) is 12.8. The molecule has 0 saturated heterocycles. The van der Waals surface area contributed by atoms with Crippen LogP contribution < -0.4 is 4.74 Å². The Morgan fingerprint density at radius 1 is 1.19 bits per heavy atom. The van der Waals surface area contributed by atoms with Crippen molar-refractivity contribution in [3.05, 3.63) is 42.0 Å². The second kappa shape index (κ2) is 10.9. The minimum absolute atomic E-state index is 0.270. The van der Waals surface area contributed by atoms with Crippen molar-refractivity contribution >= 4 is 5.97 Å². The Bertz CT molecular complexity index is 423. The number of methoxy groups -OCH3 is 1. The number of benzene rings is 1. The van der Waals surface area contributed by atoms with E-state index in [0.717, 1.165) is 37.2 Å². The first kappa shape index (κ1) is 17.2. The highest BCUT2D eigenvalue weighted by atomic mass is 16.5. The van der Waals surface area contributed by atoms with Gasteiger partial charge in [-0.1, -0.05) is 18.2 Å². The topological polar surface area (TPSA) is 44.8 Å². The summed E-state index contributed by atoms with van der Waals surface area (Å²) >= 11 is 0. The van der Waals surface area contributed by atoms with E-state index in [1.807, 2.05) is 30.3 Å². The Kier molecular flexibility index (Phi) is 8.96. The van der Waals surface area contributed by atoms with Crippen molar-refractivity contribution in [2.45, 2.75) is 32.8 Å². The number of ether oxygens (including phenoxy) is 3. The molecule has 116 valence electrons. The number of hydrogen-bond acceptors (Lipinski definition) is 4. The van der Waals surface area contributed by atoms with Crippen molar-refractivity contribution in [3.8, 4) is 5.75 Å². The van der Waals surface area contributed by atoms with E-state index in [1.54, 1.807) is 14.0 Å². The third-order valence-electron chi connectivity index (χ3n) is 2.88. The maximum absolute atomic E-state index is 11.0. The van der Waals surface area contributed by atoms with Crippen LogP contribution in [0.5, 0.6) is 5.75 Å². The van der Waals surface area contributed by atoms with Crippen LogP contribution >= 0.6 is 0 Å². The van der Waals surface area contributed by atoms with Crippen molar-refractivity contribution in [1.29, 1.82) is 0 Å². The standard InChI is InChI=1S/C17H24O4/c1-3-21-17(18)8-6-4-5-7-13-20-14-15-9-11-16(19-2)12-10-15/h6,8-12H,3-5,7,13-14H2,1-2H3. The first-order valence-corrected chi connectivity index (χ1v) is 7.30. The zero-order valence-electron chi connectivity index (χ0n) is 12.8. The van der Waals surface area contributed by atoms with Gasteiger partial charge in [0.15, 0.2) is 0 Å². The Morgan fingerprint density at radius 2 is 1.95 bits per heavy atom. The van der Waals surface area contributed by atoms with E-state index in [9.17, 15) is 4.79 Å². The maximum atomic E-state index is 11.0.